The van der Waals surface area contributed by atoms with E-state index < -0.39 is 5.60 Å². The first-order valence-corrected chi connectivity index (χ1v) is 3.66. The number of rotatable bonds is 1. The van der Waals surface area contributed by atoms with E-state index in [4.69, 9.17) is 5.73 Å². The van der Waals surface area contributed by atoms with Crippen molar-refractivity contribution in [3.8, 4) is 0 Å². The quantitative estimate of drug-likeness (QED) is 0.531. The van der Waals surface area contributed by atoms with Crippen molar-refractivity contribution in [2.45, 2.75) is 38.3 Å². The topological polar surface area (TPSA) is 46.2 Å². The van der Waals surface area contributed by atoms with Crippen molar-refractivity contribution in [3.05, 3.63) is 11.6 Å². The summed E-state index contributed by atoms with van der Waals surface area (Å²) in [6, 6.07) is 0.209. The Morgan fingerprint density at radius 2 is 2.10 bits per heavy atom. The molecule has 0 aromatic rings. The number of hydrogen-bond acceptors (Lipinski definition) is 2. The molecule has 1 saturated carbocycles. The summed E-state index contributed by atoms with van der Waals surface area (Å²) in [5.41, 5.74) is 6.13. The van der Waals surface area contributed by atoms with Gasteiger partial charge in [0.05, 0.1) is 5.60 Å². The molecule has 3 N–H and O–H groups in total. The average Bonchev–Trinajstić information content (AvgIpc) is 1.57. The lowest BCUT2D eigenvalue weighted by molar-refractivity contribution is -0.00148. The third-order valence-corrected chi connectivity index (χ3v) is 1.79. The molecule has 58 valence electrons. The molecule has 1 fully saturated rings. The van der Waals surface area contributed by atoms with E-state index in [-0.39, 0.29) is 6.04 Å². The summed E-state index contributed by atoms with van der Waals surface area (Å²) in [5, 5.41) is 9.59. The van der Waals surface area contributed by atoms with Gasteiger partial charge in [-0.25, -0.2) is 0 Å². The SMILES string of the molecule is CC(C)=CC1(O)CC(N)C1. The molecule has 1 aliphatic rings. The molecule has 0 aliphatic heterocycles. The highest BCUT2D eigenvalue weighted by molar-refractivity contribution is 5.14. The largest absolute Gasteiger partial charge is 0.386 e. The van der Waals surface area contributed by atoms with Gasteiger partial charge in [-0.05, 0) is 26.7 Å². The Labute approximate surface area is 61.7 Å². The van der Waals surface area contributed by atoms with Gasteiger partial charge in [0.15, 0.2) is 0 Å². The van der Waals surface area contributed by atoms with Crippen LogP contribution < -0.4 is 5.73 Å². The Hall–Kier alpha value is -0.340. The van der Waals surface area contributed by atoms with E-state index in [0.29, 0.717) is 0 Å². The smallest absolute Gasteiger partial charge is 0.0859 e. The van der Waals surface area contributed by atoms with Gasteiger partial charge in [0.1, 0.15) is 0 Å². The molecule has 0 heterocycles. The second-order valence-corrected chi connectivity index (χ2v) is 3.49. The van der Waals surface area contributed by atoms with E-state index >= 15 is 0 Å². The Morgan fingerprint density at radius 1 is 1.60 bits per heavy atom. The molecule has 10 heavy (non-hydrogen) atoms. The third-order valence-electron chi connectivity index (χ3n) is 1.79. The molecule has 0 amide bonds. The standard InChI is InChI=1S/C8H15NO/c1-6(2)3-8(10)4-7(9)5-8/h3,7,10H,4-5,9H2,1-2H3. The van der Waals surface area contributed by atoms with E-state index in [0.717, 1.165) is 18.4 Å². The molecule has 0 atom stereocenters. The molecule has 0 unspecified atom stereocenters. The Bertz CT molecular complexity index is 153. The molecule has 0 radical (unpaired) electrons. The fourth-order valence-corrected chi connectivity index (χ4v) is 1.50. The van der Waals surface area contributed by atoms with Crippen LogP contribution in [0.15, 0.2) is 11.6 Å². The van der Waals surface area contributed by atoms with Crippen LogP contribution in [0.1, 0.15) is 26.7 Å². The maximum atomic E-state index is 9.59. The Balaban J connectivity index is 2.49. The van der Waals surface area contributed by atoms with Gasteiger partial charge >= 0.3 is 0 Å². The summed E-state index contributed by atoms with van der Waals surface area (Å²) in [5.74, 6) is 0. The number of allylic oxidation sites excluding steroid dienone is 1. The van der Waals surface area contributed by atoms with Crippen LogP contribution in [0, 0.1) is 0 Å². The van der Waals surface area contributed by atoms with Crippen molar-refractivity contribution >= 4 is 0 Å². The predicted molar refractivity (Wildman–Crippen MR) is 41.6 cm³/mol. The molecule has 1 aliphatic carbocycles. The lowest BCUT2D eigenvalue weighted by Crippen LogP contribution is -2.50. The fourth-order valence-electron chi connectivity index (χ4n) is 1.50. The highest BCUT2D eigenvalue weighted by Gasteiger charge is 2.38. The molecular weight excluding hydrogens is 126 g/mol. The molecule has 0 aromatic heterocycles. The van der Waals surface area contributed by atoms with E-state index in [9.17, 15) is 5.11 Å². The second kappa shape index (κ2) is 2.36. The third kappa shape index (κ3) is 1.58. The minimum absolute atomic E-state index is 0.209. The summed E-state index contributed by atoms with van der Waals surface area (Å²) in [4.78, 5) is 0. The van der Waals surface area contributed by atoms with E-state index in [2.05, 4.69) is 0 Å². The summed E-state index contributed by atoms with van der Waals surface area (Å²) < 4.78 is 0. The van der Waals surface area contributed by atoms with Gasteiger partial charge in [-0.2, -0.15) is 0 Å². The van der Waals surface area contributed by atoms with Crippen LogP contribution in [0.2, 0.25) is 0 Å². The normalized spacial score (nSPS) is 38.6. The first-order chi connectivity index (χ1) is 4.52. The number of hydrogen-bond donors (Lipinski definition) is 2. The summed E-state index contributed by atoms with van der Waals surface area (Å²) >= 11 is 0. The highest BCUT2D eigenvalue weighted by atomic mass is 16.3. The van der Waals surface area contributed by atoms with Crippen LogP contribution in [0.3, 0.4) is 0 Å². The van der Waals surface area contributed by atoms with Crippen molar-refractivity contribution in [2.24, 2.45) is 5.73 Å². The zero-order valence-electron chi connectivity index (χ0n) is 6.59. The van der Waals surface area contributed by atoms with Gasteiger partial charge in [-0.1, -0.05) is 11.6 Å². The van der Waals surface area contributed by atoms with E-state index in [1.807, 2.05) is 19.9 Å². The molecular formula is C8H15NO. The molecule has 2 nitrogen and oxygen atoms in total. The van der Waals surface area contributed by atoms with Crippen LogP contribution in [0.25, 0.3) is 0 Å². The van der Waals surface area contributed by atoms with Crippen LogP contribution in [-0.2, 0) is 0 Å². The fraction of sp³-hybridized carbons (Fsp3) is 0.750. The van der Waals surface area contributed by atoms with Gasteiger partial charge in [0.25, 0.3) is 0 Å². The number of nitrogens with two attached hydrogens (primary N) is 1. The maximum Gasteiger partial charge on any atom is 0.0859 e. The molecule has 0 spiro atoms. The predicted octanol–water partition coefficient (Wildman–Crippen LogP) is 0.805. The van der Waals surface area contributed by atoms with Gasteiger partial charge in [0.2, 0.25) is 0 Å². The zero-order chi connectivity index (χ0) is 7.78. The highest BCUT2D eigenvalue weighted by Crippen LogP contribution is 2.32. The van der Waals surface area contributed by atoms with E-state index in [1.165, 1.54) is 0 Å². The van der Waals surface area contributed by atoms with Crippen LogP contribution in [0.5, 0.6) is 0 Å². The lowest BCUT2D eigenvalue weighted by Gasteiger charge is -2.39. The molecule has 0 aromatic carbocycles. The van der Waals surface area contributed by atoms with Crippen molar-refractivity contribution in [3.63, 3.8) is 0 Å². The van der Waals surface area contributed by atoms with Crippen molar-refractivity contribution in [2.75, 3.05) is 0 Å². The van der Waals surface area contributed by atoms with Crippen molar-refractivity contribution < 1.29 is 5.11 Å². The lowest BCUT2D eigenvalue weighted by atomic mass is 9.75. The zero-order valence-corrected chi connectivity index (χ0v) is 6.59. The van der Waals surface area contributed by atoms with Crippen molar-refractivity contribution in [1.29, 1.82) is 0 Å². The number of aliphatic hydroxyl groups is 1. The molecule has 1 rings (SSSR count). The maximum absolute atomic E-state index is 9.59. The minimum atomic E-state index is -0.571. The molecule has 2 heteroatoms. The van der Waals surface area contributed by atoms with Crippen molar-refractivity contribution in [1.82, 2.24) is 0 Å². The summed E-state index contributed by atoms with van der Waals surface area (Å²) in [6.45, 7) is 3.98. The van der Waals surface area contributed by atoms with Crippen LogP contribution >= 0.6 is 0 Å². The molecule has 0 bridgehead atoms. The summed E-state index contributed by atoms with van der Waals surface area (Å²) in [6.07, 6.45) is 3.34. The average molecular weight is 141 g/mol. The summed E-state index contributed by atoms with van der Waals surface area (Å²) in [7, 11) is 0. The second-order valence-electron chi connectivity index (χ2n) is 3.49. The Morgan fingerprint density at radius 3 is 2.40 bits per heavy atom. The van der Waals surface area contributed by atoms with Gasteiger partial charge in [-0.3, -0.25) is 0 Å². The minimum Gasteiger partial charge on any atom is -0.386 e. The Kier molecular flexibility index (Phi) is 1.84. The van der Waals surface area contributed by atoms with Crippen LogP contribution in [-0.4, -0.2) is 16.7 Å². The van der Waals surface area contributed by atoms with E-state index in [1.54, 1.807) is 0 Å². The first kappa shape index (κ1) is 7.76. The monoisotopic (exact) mass is 141 g/mol. The first-order valence-electron chi connectivity index (χ1n) is 3.66. The van der Waals surface area contributed by atoms with Gasteiger partial charge < -0.3 is 10.8 Å². The van der Waals surface area contributed by atoms with Gasteiger partial charge in [-0.15, -0.1) is 0 Å². The van der Waals surface area contributed by atoms with Crippen LogP contribution in [0.4, 0.5) is 0 Å². The van der Waals surface area contributed by atoms with Gasteiger partial charge in [0, 0.05) is 6.04 Å². The molecule has 0 saturated heterocycles.